The molecule has 0 N–H and O–H groups in total. The van der Waals surface area contributed by atoms with Crippen molar-refractivity contribution in [1.29, 1.82) is 5.26 Å². The molecule has 0 unspecified atom stereocenters. The molecule has 0 fully saturated rings. The average Bonchev–Trinajstić information content (AvgIpc) is 2.53. The van der Waals surface area contributed by atoms with Crippen LogP contribution in [0.1, 0.15) is 11.1 Å². The standard InChI is InChI=1S/C17H14BrNO2/c1-20-16-8-3-12(10-17(16)21-2)9-14(11-19)13-4-6-15(18)7-5-13/h3-10H,1-2H3/b14-9-. The minimum Gasteiger partial charge on any atom is -0.493 e. The minimum absolute atomic E-state index is 0.592. The first-order chi connectivity index (χ1) is 10.2. The Kier molecular flexibility index (Phi) is 5.02. The van der Waals surface area contributed by atoms with Gasteiger partial charge in [0.05, 0.1) is 25.9 Å². The summed E-state index contributed by atoms with van der Waals surface area (Å²) in [7, 11) is 3.18. The van der Waals surface area contributed by atoms with Gasteiger partial charge in [-0.25, -0.2) is 0 Å². The van der Waals surface area contributed by atoms with E-state index in [1.165, 1.54) is 0 Å². The number of allylic oxidation sites excluding steroid dienone is 1. The van der Waals surface area contributed by atoms with Crippen LogP contribution in [-0.2, 0) is 0 Å². The molecule has 0 atom stereocenters. The Hall–Kier alpha value is -2.25. The van der Waals surface area contributed by atoms with Gasteiger partial charge < -0.3 is 9.47 Å². The molecule has 0 heterocycles. The number of nitriles is 1. The number of nitrogens with zero attached hydrogens (tertiary/aromatic N) is 1. The van der Waals surface area contributed by atoms with E-state index in [0.29, 0.717) is 17.1 Å². The predicted molar refractivity (Wildman–Crippen MR) is 87.2 cm³/mol. The first kappa shape index (κ1) is 15.1. The number of benzene rings is 2. The van der Waals surface area contributed by atoms with Crippen molar-refractivity contribution in [2.45, 2.75) is 0 Å². The summed E-state index contributed by atoms with van der Waals surface area (Å²) in [5, 5.41) is 9.35. The Morgan fingerprint density at radius 2 is 1.71 bits per heavy atom. The van der Waals surface area contributed by atoms with Gasteiger partial charge in [0.15, 0.2) is 11.5 Å². The molecule has 4 heteroatoms. The normalized spacial score (nSPS) is 10.9. The Morgan fingerprint density at radius 3 is 2.29 bits per heavy atom. The third-order valence-corrected chi connectivity index (χ3v) is 3.52. The monoisotopic (exact) mass is 343 g/mol. The van der Waals surface area contributed by atoms with Crippen LogP contribution in [0.5, 0.6) is 11.5 Å². The summed E-state index contributed by atoms with van der Waals surface area (Å²) in [6.45, 7) is 0. The minimum atomic E-state index is 0.592. The maximum atomic E-state index is 9.35. The Balaban J connectivity index is 2.41. The summed E-state index contributed by atoms with van der Waals surface area (Å²) < 4.78 is 11.5. The fourth-order valence-electron chi connectivity index (χ4n) is 1.92. The van der Waals surface area contributed by atoms with E-state index in [1.807, 2.05) is 48.5 Å². The molecular weight excluding hydrogens is 330 g/mol. The van der Waals surface area contributed by atoms with Crippen molar-refractivity contribution in [3.8, 4) is 17.6 Å². The molecule has 3 nitrogen and oxygen atoms in total. The van der Waals surface area contributed by atoms with Crippen molar-refractivity contribution in [2.75, 3.05) is 14.2 Å². The van der Waals surface area contributed by atoms with Crippen LogP contribution in [0.4, 0.5) is 0 Å². The molecule has 0 radical (unpaired) electrons. The van der Waals surface area contributed by atoms with Crippen LogP contribution in [0.2, 0.25) is 0 Å². The van der Waals surface area contributed by atoms with Gasteiger partial charge in [-0.1, -0.05) is 34.1 Å². The molecule has 0 aliphatic carbocycles. The third-order valence-electron chi connectivity index (χ3n) is 2.99. The van der Waals surface area contributed by atoms with Gasteiger partial charge in [0.1, 0.15) is 0 Å². The lowest BCUT2D eigenvalue weighted by molar-refractivity contribution is 0.355. The number of halogens is 1. The summed E-state index contributed by atoms with van der Waals surface area (Å²) in [6.07, 6.45) is 1.82. The molecule has 0 saturated heterocycles. The van der Waals surface area contributed by atoms with Gasteiger partial charge >= 0.3 is 0 Å². The van der Waals surface area contributed by atoms with Gasteiger partial charge in [0, 0.05) is 4.47 Å². The van der Waals surface area contributed by atoms with E-state index in [1.54, 1.807) is 14.2 Å². The van der Waals surface area contributed by atoms with Crippen LogP contribution in [0.15, 0.2) is 46.9 Å². The smallest absolute Gasteiger partial charge is 0.161 e. The molecule has 0 aromatic heterocycles. The van der Waals surface area contributed by atoms with Gasteiger partial charge in [-0.2, -0.15) is 5.26 Å². The second-order valence-corrected chi connectivity index (χ2v) is 5.21. The SMILES string of the molecule is COc1ccc(/C=C(/C#N)c2ccc(Br)cc2)cc1OC. The highest BCUT2D eigenvalue weighted by Crippen LogP contribution is 2.29. The molecule has 106 valence electrons. The second kappa shape index (κ2) is 6.96. The van der Waals surface area contributed by atoms with Gasteiger partial charge in [-0.3, -0.25) is 0 Å². The molecule has 0 saturated carbocycles. The van der Waals surface area contributed by atoms with Crippen LogP contribution in [0.3, 0.4) is 0 Å². The molecule has 2 aromatic carbocycles. The zero-order valence-electron chi connectivity index (χ0n) is 11.8. The molecule has 2 aromatic rings. The highest BCUT2D eigenvalue weighted by molar-refractivity contribution is 9.10. The van der Waals surface area contributed by atoms with Crippen LogP contribution < -0.4 is 9.47 Å². The maximum Gasteiger partial charge on any atom is 0.161 e. The Morgan fingerprint density at radius 1 is 1.05 bits per heavy atom. The van der Waals surface area contributed by atoms with Crippen molar-refractivity contribution in [1.82, 2.24) is 0 Å². The van der Waals surface area contributed by atoms with Crippen molar-refractivity contribution >= 4 is 27.6 Å². The van der Waals surface area contributed by atoms with Crippen molar-refractivity contribution < 1.29 is 9.47 Å². The van der Waals surface area contributed by atoms with E-state index < -0.39 is 0 Å². The molecule has 0 spiro atoms. The van der Waals surface area contributed by atoms with Gasteiger partial charge in [0.25, 0.3) is 0 Å². The summed E-state index contributed by atoms with van der Waals surface area (Å²) >= 11 is 3.39. The van der Waals surface area contributed by atoms with Crippen LogP contribution in [0, 0.1) is 11.3 Å². The lowest BCUT2D eigenvalue weighted by Gasteiger charge is -2.08. The molecule has 0 aliphatic rings. The number of methoxy groups -OCH3 is 2. The second-order valence-electron chi connectivity index (χ2n) is 4.29. The fraction of sp³-hybridized carbons (Fsp3) is 0.118. The Labute approximate surface area is 132 Å². The number of ether oxygens (including phenoxy) is 2. The largest absolute Gasteiger partial charge is 0.493 e. The number of rotatable bonds is 4. The van der Waals surface area contributed by atoms with Gasteiger partial charge in [-0.15, -0.1) is 0 Å². The molecule has 0 amide bonds. The van der Waals surface area contributed by atoms with Crippen LogP contribution >= 0.6 is 15.9 Å². The van der Waals surface area contributed by atoms with E-state index in [9.17, 15) is 5.26 Å². The van der Waals surface area contributed by atoms with E-state index in [2.05, 4.69) is 22.0 Å². The zero-order valence-corrected chi connectivity index (χ0v) is 13.3. The average molecular weight is 344 g/mol. The first-order valence-electron chi connectivity index (χ1n) is 6.27. The third kappa shape index (κ3) is 3.65. The fourth-order valence-corrected chi connectivity index (χ4v) is 2.18. The van der Waals surface area contributed by atoms with Crippen LogP contribution in [-0.4, -0.2) is 14.2 Å². The summed E-state index contributed by atoms with van der Waals surface area (Å²) in [5.41, 5.74) is 2.34. The van der Waals surface area contributed by atoms with E-state index in [4.69, 9.17) is 9.47 Å². The Bertz CT molecular complexity index is 700. The van der Waals surface area contributed by atoms with E-state index in [-0.39, 0.29) is 0 Å². The van der Waals surface area contributed by atoms with Crippen molar-refractivity contribution in [2.24, 2.45) is 0 Å². The predicted octanol–water partition coefficient (Wildman–Crippen LogP) is 4.53. The quantitative estimate of drug-likeness (QED) is 0.604. The molecule has 0 aliphatic heterocycles. The summed E-state index contributed by atoms with van der Waals surface area (Å²) in [6, 6.07) is 15.4. The molecule has 0 bridgehead atoms. The van der Waals surface area contributed by atoms with Crippen LogP contribution in [0.25, 0.3) is 11.6 Å². The lowest BCUT2D eigenvalue weighted by atomic mass is 10.0. The van der Waals surface area contributed by atoms with Gasteiger partial charge in [-0.05, 0) is 41.5 Å². The lowest BCUT2D eigenvalue weighted by Crippen LogP contribution is -1.90. The maximum absolute atomic E-state index is 9.35. The van der Waals surface area contributed by atoms with Crippen molar-refractivity contribution in [3.63, 3.8) is 0 Å². The molecule has 21 heavy (non-hydrogen) atoms. The topological polar surface area (TPSA) is 42.2 Å². The van der Waals surface area contributed by atoms with E-state index in [0.717, 1.165) is 15.6 Å². The highest BCUT2D eigenvalue weighted by Gasteiger charge is 2.05. The highest BCUT2D eigenvalue weighted by atomic mass is 79.9. The molecule has 2 rings (SSSR count). The molecular formula is C17H14BrNO2. The summed E-state index contributed by atoms with van der Waals surface area (Å²) in [4.78, 5) is 0. The number of hydrogen-bond acceptors (Lipinski definition) is 3. The zero-order chi connectivity index (χ0) is 15.2. The van der Waals surface area contributed by atoms with Crippen molar-refractivity contribution in [3.05, 3.63) is 58.1 Å². The van der Waals surface area contributed by atoms with Gasteiger partial charge in [0.2, 0.25) is 0 Å². The summed E-state index contributed by atoms with van der Waals surface area (Å²) in [5.74, 6) is 1.30. The van der Waals surface area contributed by atoms with E-state index >= 15 is 0 Å². The number of hydrogen-bond donors (Lipinski definition) is 0. The first-order valence-corrected chi connectivity index (χ1v) is 7.07.